The van der Waals surface area contributed by atoms with Crippen LogP contribution in [0.5, 0.6) is 0 Å². The molecule has 0 spiro atoms. The summed E-state index contributed by atoms with van der Waals surface area (Å²) in [6, 6.07) is 35.3. The molecule has 0 saturated carbocycles. The number of pyridine rings is 1. The van der Waals surface area contributed by atoms with Crippen LogP contribution in [0.1, 0.15) is 56.5 Å². The molecule has 222 valence electrons. The average Bonchev–Trinajstić information content (AvgIpc) is 3.40. The Labute approximate surface area is 267 Å². The second-order valence-corrected chi connectivity index (χ2v) is 12.4. The van der Waals surface area contributed by atoms with Gasteiger partial charge in [-0.25, -0.2) is 4.98 Å². The molecule has 6 rings (SSSR count). The first-order chi connectivity index (χ1) is 21.8. The van der Waals surface area contributed by atoms with Crippen molar-refractivity contribution in [3.63, 3.8) is 0 Å². The molecule has 0 fully saturated rings. The number of thiophene rings is 1. The number of nitrogens with zero attached hydrogens (tertiary/aromatic N) is 1. The summed E-state index contributed by atoms with van der Waals surface area (Å²) in [5.74, 6) is 0.0213. The van der Waals surface area contributed by atoms with Gasteiger partial charge in [0.1, 0.15) is 9.71 Å². The van der Waals surface area contributed by atoms with Crippen LogP contribution >= 0.6 is 11.3 Å². The summed E-state index contributed by atoms with van der Waals surface area (Å²) >= 11 is 1.28. The highest BCUT2D eigenvalue weighted by Gasteiger charge is 2.22. The van der Waals surface area contributed by atoms with E-state index in [0.717, 1.165) is 33.3 Å². The van der Waals surface area contributed by atoms with Crippen LogP contribution in [0, 0.1) is 6.92 Å². The minimum absolute atomic E-state index is 0.113. The fourth-order valence-corrected chi connectivity index (χ4v) is 6.19. The van der Waals surface area contributed by atoms with Crippen LogP contribution in [0.15, 0.2) is 115 Å². The molecule has 2 heterocycles. The van der Waals surface area contributed by atoms with Crippen LogP contribution in [0.4, 0.5) is 11.4 Å². The minimum Gasteiger partial charge on any atom is -0.397 e. The van der Waals surface area contributed by atoms with E-state index in [-0.39, 0.29) is 11.7 Å². The lowest BCUT2D eigenvalue weighted by molar-refractivity contribution is 0.102. The first-order valence-electron chi connectivity index (χ1n) is 14.9. The molecule has 0 atom stereocenters. The Balaban J connectivity index is 1.24. The Kier molecular flexibility index (Phi) is 8.41. The van der Waals surface area contributed by atoms with Crippen molar-refractivity contribution in [2.45, 2.75) is 26.7 Å². The zero-order valence-electron chi connectivity index (χ0n) is 25.4. The molecule has 6 heteroatoms. The molecular formula is C39H33N3O2S. The zero-order valence-corrected chi connectivity index (χ0v) is 26.2. The topological polar surface area (TPSA) is 85.1 Å². The van der Waals surface area contributed by atoms with Crippen molar-refractivity contribution < 1.29 is 9.59 Å². The van der Waals surface area contributed by atoms with Crippen molar-refractivity contribution in [3.05, 3.63) is 142 Å². The van der Waals surface area contributed by atoms with Crippen LogP contribution in [-0.2, 0) is 0 Å². The molecule has 1 amide bonds. The number of ketones is 1. The molecule has 0 aliphatic rings. The summed E-state index contributed by atoms with van der Waals surface area (Å²) in [5.41, 5.74) is 15.3. The van der Waals surface area contributed by atoms with E-state index in [0.29, 0.717) is 32.6 Å². The highest BCUT2D eigenvalue weighted by Crippen LogP contribution is 2.41. The number of amides is 1. The van der Waals surface area contributed by atoms with Gasteiger partial charge in [-0.15, -0.1) is 11.3 Å². The van der Waals surface area contributed by atoms with Crippen LogP contribution in [-0.4, -0.2) is 16.7 Å². The van der Waals surface area contributed by atoms with Crippen molar-refractivity contribution in [3.8, 4) is 22.4 Å². The van der Waals surface area contributed by atoms with Gasteiger partial charge >= 0.3 is 0 Å². The van der Waals surface area contributed by atoms with E-state index in [2.05, 4.69) is 62.5 Å². The van der Waals surface area contributed by atoms with Crippen LogP contribution in [0.2, 0.25) is 0 Å². The van der Waals surface area contributed by atoms with Crippen molar-refractivity contribution in [2.24, 2.45) is 0 Å². The number of carbonyl (C=O) groups excluding carboxylic acids is 2. The largest absolute Gasteiger partial charge is 0.397 e. The smallest absolute Gasteiger partial charge is 0.267 e. The third-order valence-electron chi connectivity index (χ3n) is 7.79. The Morgan fingerprint density at radius 2 is 1.53 bits per heavy atom. The van der Waals surface area contributed by atoms with Crippen molar-refractivity contribution in [1.82, 2.24) is 4.98 Å². The van der Waals surface area contributed by atoms with E-state index in [9.17, 15) is 9.59 Å². The Morgan fingerprint density at radius 1 is 0.844 bits per heavy atom. The molecule has 0 saturated heterocycles. The minimum atomic E-state index is -0.324. The van der Waals surface area contributed by atoms with Gasteiger partial charge in [-0.3, -0.25) is 9.59 Å². The summed E-state index contributed by atoms with van der Waals surface area (Å²) in [4.78, 5) is 32.3. The summed E-state index contributed by atoms with van der Waals surface area (Å²) in [6.45, 7) is 6.36. The predicted molar refractivity (Wildman–Crippen MR) is 188 cm³/mol. The third-order valence-corrected chi connectivity index (χ3v) is 8.89. The maximum Gasteiger partial charge on any atom is 0.267 e. The van der Waals surface area contributed by atoms with Gasteiger partial charge in [0.05, 0.1) is 11.4 Å². The maximum absolute atomic E-state index is 13.5. The first-order valence-corrected chi connectivity index (χ1v) is 15.7. The van der Waals surface area contributed by atoms with Crippen LogP contribution in [0.25, 0.3) is 38.7 Å². The van der Waals surface area contributed by atoms with Crippen molar-refractivity contribution in [2.75, 3.05) is 11.1 Å². The molecule has 45 heavy (non-hydrogen) atoms. The Bertz CT molecular complexity index is 2020. The normalized spacial score (nSPS) is 11.4. The molecule has 3 N–H and O–H groups in total. The second kappa shape index (κ2) is 12.7. The molecule has 5 nitrogen and oxygen atoms in total. The SMILES string of the molecule is Cc1ccc(-c2cc(-c3ccccc3)c3c(N)c(C(=O)Nc4ccc(C(=O)/C=C/c5ccc(C(C)C)cc5)cc4)sc3n2)cc1. The number of aromatic nitrogens is 1. The van der Waals surface area contributed by atoms with Gasteiger partial charge in [0.25, 0.3) is 5.91 Å². The number of nitrogens with two attached hydrogens (primary N) is 1. The van der Waals surface area contributed by atoms with Gasteiger partial charge in [0.2, 0.25) is 0 Å². The van der Waals surface area contributed by atoms with Crippen LogP contribution < -0.4 is 11.1 Å². The van der Waals surface area contributed by atoms with Gasteiger partial charge in [0, 0.05) is 22.2 Å². The summed E-state index contributed by atoms with van der Waals surface area (Å²) in [6.07, 6.45) is 3.38. The molecule has 0 aliphatic carbocycles. The van der Waals surface area contributed by atoms with E-state index in [1.807, 2.05) is 54.6 Å². The molecule has 2 aromatic heterocycles. The highest BCUT2D eigenvalue weighted by atomic mass is 32.1. The van der Waals surface area contributed by atoms with Crippen molar-refractivity contribution >= 4 is 50.7 Å². The zero-order chi connectivity index (χ0) is 31.5. The Morgan fingerprint density at radius 3 is 2.20 bits per heavy atom. The maximum atomic E-state index is 13.5. The Hall–Kier alpha value is -5.33. The van der Waals surface area contributed by atoms with E-state index >= 15 is 0 Å². The molecule has 0 aliphatic heterocycles. The van der Waals surface area contributed by atoms with Crippen LogP contribution in [0.3, 0.4) is 0 Å². The monoisotopic (exact) mass is 607 g/mol. The number of nitrogens with one attached hydrogen (secondary N) is 1. The van der Waals surface area contributed by atoms with E-state index in [1.54, 1.807) is 30.3 Å². The van der Waals surface area contributed by atoms with Crippen molar-refractivity contribution in [1.29, 1.82) is 0 Å². The lowest BCUT2D eigenvalue weighted by Gasteiger charge is -2.09. The number of nitrogen functional groups attached to an aromatic ring is 1. The molecule has 0 unspecified atom stereocenters. The molecule has 0 radical (unpaired) electrons. The number of anilines is 2. The predicted octanol–water partition coefficient (Wildman–Crippen LogP) is 9.79. The summed E-state index contributed by atoms with van der Waals surface area (Å²) in [5, 5.41) is 3.71. The quantitative estimate of drug-likeness (QED) is 0.133. The molecular weight excluding hydrogens is 575 g/mol. The number of rotatable bonds is 8. The number of hydrogen-bond donors (Lipinski definition) is 2. The van der Waals surface area contributed by atoms with Gasteiger partial charge in [-0.2, -0.15) is 0 Å². The standard InChI is InChI=1S/C39H33N3O2S/c1-24(2)27-16-11-26(12-17-27)13-22-34(43)30-18-20-31(21-19-30)41-38(44)37-36(40)35-32(28-7-5-4-6-8-28)23-33(42-39(35)45-37)29-14-9-25(3)10-15-29/h4-24H,40H2,1-3H3,(H,41,44)/b22-13+. The number of fused-ring (bicyclic) bond motifs is 1. The number of carbonyl (C=O) groups is 2. The number of aryl methyl sites for hydroxylation is 1. The first kappa shape index (κ1) is 29.7. The molecule has 6 aromatic rings. The second-order valence-electron chi connectivity index (χ2n) is 11.4. The number of allylic oxidation sites excluding steroid dienone is 1. The van der Waals surface area contributed by atoms with Gasteiger partial charge < -0.3 is 11.1 Å². The summed E-state index contributed by atoms with van der Waals surface area (Å²) in [7, 11) is 0. The van der Waals surface area contributed by atoms with Gasteiger partial charge in [0.15, 0.2) is 5.78 Å². The summed E-state index contributed by atoms with van der Waals surface area (Å²) < 4.78 is 0. The molecule has 0 bridgehead atoms. The lowest BCUT2D eigenvalue weighted by Crippen LogP contribution is -2.12. The van der Waals surface area contributed by atoms with E-state index in [1.165, 1.54) is 22.5 Å². The fourth-order valence-electron chi connectivity index (χ4n) is 5.17. The van der Waals surface area contributed by atoms with E-state index in [4.69, 9.17) is 10.7 Å². The van der Waals surface area contributed by atoms with Gasteiger partial charge in [-0.05, 0) is 71.5 Å². The van der Waals surface area contributed by atoms with Gasteiger partial charge in [-0.1, -0.05) is 104 Å². The molecule has 4 aromatic carbocycles. The number of benzene rings is 4. The fraction of sp³-hybridized carbons (Fsp3) is 0.103. The average molecular weight is 608 g/mol. The third kappa shape index (κ3) is 6.47. The highest BCUT2D eigenvalue weighted by molar-refractivity contribution is 7.21. The lowest BCUT2D eigenvalue weighted by atomic mass is 9.99. The van der Waals surface area contributed by atoms with E-state index < -0.39 is 0 Å². The number of hydrogen-bond acceptors (Lipinski definition) is 5.